The van der Waals surface area contributed by atoms with E-state index in [0.717, 1.165) is 0 Å². The van der Waals surface area contributed by atoms with Crippen molar-refractivity contribution in [2.75, 3.05) is 0 Å². The van der Waals surface area contributed by atoms with Gasteiger partial charge in [0.05, 0.1) is 0 Å². The zero-order chi connectivity index (χ0) is 8.57. The van der Waals surface area contributed by atoms with Gasteiger partial charge in [-0.15, -0.1) is 0 Å². The Bertz CT molecular complexity index is 79.8. The minimum absolute atomic E-state index is 0. The minimum atomic E-state index is 0. The zero-order valence-electron chi connectivity index (χ0n) is 8.60. The molecular weight excluding hydrogens is 1200 g/mol. The first-order valence-corrected chi connectivity index (χ1v) is 6.23. The SMILES string of the molecule is CC(C)[C-]=[W].CC(C)[C-]=[W].[W+2].[W].[W].[W]. The maximum Gasteiger partial charge on any atom is 2.00 e. The Labute approximate surface area is 168 Å². The van der Waals surface area contributed by atoms with E-state index in [1.807, 2.05) is 0 Å². The van der Waals surface area contributed by atoms with E-state index in [9.17, 15) is 0 Å². The van der Waals surface area contributed by atoms with Gasteiger partial charge in [0, 0.05) is 63.2 Å². The predicted molar refractivity (Wildman–Crippen MR) is 39.7 cm³/mol. The third-order valence-electron chi connectivity index (χ3n) is 0.471. The van der Waals surface area contributed by atoms with Crippen molar-refractivity contribution in [2.45, 2.75) is 27.7 Å². The van der Waals surface area contributed by atoms with Crippen molar-refractivity contribution in [2.24, 2.45) is 11.8 Å². The first-order chi connectivity index (χ1) is 4.54. The van der Waals surface area contributed by atoms with Gasteiger partial charge in [0.15, 0.2) is 0 Å². The molecule has 0 saturated heterocycles. The number of hydrogen-bond acceptors (Lipinski definition) is 0. The largest absolute Gasteiger partial charge is 2.00 e. The van der Waals surface area contributed by atoms with Gasteiger partial charge in [-0.05, 0) is 0 Å². The summed E-state index contributed by atoms with van der Waals surface area (Å²) < 4.78 is 6.22. The summed E-state index contributed by atoms with van der Waals surface area (Å²) in [5, 5.41) is 0. The molecular formula is C8H14W6. The maximum absolute atomic E-state index is 3.11. The molecule has 0 rings (SSSR count). The second-order valence-electron chi connectivity index (χ2n) is 2.55. The average Bonchev–Trinajstić information content (AvgIpc) is 1.89. The van der Waals surface area contributed by atoms with Gasteiger partial charge in [-0.25, -0.2) is 0 Å². The van der Waals surface area contributed by atoms with Gasteiger partial charge in [-0.2, -0.15) is 0 Å². The van der Waals surface area contributed by atoms with Crippen LogP contribution in [-0.4, -0.2) is 8.80 Å². The van der Waals surface area contributed by atoms with Crippen LogP contribution in [0.3, 0.4) is 0 Å². The fourth-order valence-corrected chi connectivity index (χ4v) is 0. The summed E-state index contributed by atoms with van der Waals surface area (Å²) in [6.45, 7) is 8.53. The molecule has 0 aliphatic carbocycles. The molecule has 0 amide bonds. The molecule has 0 fully saturated rings. The predicted octanol–water partition coefficient (Wildman–Crippen LogP) is 1.73. The van der Waals surface area contributed by atoms with Crippen LogP contribution >= 0.6 is 0 Å². The molecule has 6 heteroatoms. The molecule has 0 spiro atoms. The Morgan fingerprint density at radius 1 is 0.714 bits per heavy atom. The van der Waals surface area contributed by atoms with E-state index in [0.29, 0.717) is 11.8 Å². The van der Waals surface area contributed by atoms with Gasteiger partial charge in [0.1, 0.15) is 0 Å². The van der Waals surface area contributed by atoms with E-state index in [1.165, 1.54) is 38.7 Å². The summed E-state index contributed by atoms with van der Waals surface area (Å²) in [5.41, 5.74) is 0. The molecule has 0 aromatic carbocycles. The van der Waals surface area contributed by atoms with Crippen molar-refractivity contribution < 1.29 is 123 Å². The topological polar surface area (TPSA) is 0 Å². The molecule has 0 aromatic rings. The smallest absolute Gasteiger partial charge is 0 e. The molecule has 14 heavy (non-hydrogen) atoms. The second-order valence-corrected chi connectivity index (χ2v) is 4.24. The van der Waals surface area contributed by atoms with Gasteiger partial charge < -0.3 is 0 Å². The van der Waals surface area contributed by atoms with E-state index in [1.54, 1.807) is 0 Å². The summed E-state index contributed by atoms with van der Waals surface area (Å²) in [6.07, 6.45) is 0. The van der Waals surface area contributed by atoms with Crippen LogP contribution in [0.2, 0.25) is 0 Å². The third kappa shape index (κ3) is 56.7. The standard InChI is InChI=1S/2C4H7.6W/c2*1-4(2)3;;;;;;/h2*4H,1-2H3;;;;;;/q2*-1;;;;;;+2. The van der Waals surface area contributed by atoms with Gasteiger partial charge in [-0.1, -0.05) is 0 Å². The number of hydrogen-bond donors (Lipinski definition) is 0. The van der Waals surface area contributed by atoms with Crippen molar-refractivity contribution in [1.82, 2.24) is 0 Å². The van der Waals surface area contributed by atoms with E-state index >= 15 is 0 Å². The molecule has 0 aliphatic heterocycles. The van der Waals surface area contributed by atoms with Crippen LogP contribution in [0.1, 0.15) is 27.7 Å². The van der Waals surface area contributed by atoms with Gasteiger partial charge >= 0.3 is 108 Å². The van der Waals surface area contributed by atoms with Crippen LogP contribution in [0, 0.1) is 11.8 Å². The molecule has 0 nitrogen and oxygen atoms in total. The second kappa shape index (κ2) is 30.2. The summed E-state index contributed by atoms with van der Waals surface area (Å²) in [5.74, 6) is 1.34. The third-order valence-corrected chi connectivity index (χ3v) is 3.86. The molecule has 0 N–H and O–H groups in total. The molecule has 0 saturated carbocycles. The van der Waals surface area contributed by atoms with Crippen LogP contribution in [0.15, 0.2) is 0 Å². The first kappa shape index (κ1) is 36.1. The average molecular weight is 1210 g/mol. The Hall–Kier alpha value is 3.87. The monoisotopic (exact) mass is 1210 g/mol. The number of rotatable bonds is 2. The van der Waals surface area contributed by atoms with Crippen LogP contribution < -0.4 is 0 Å². The minimum Gasteiger partial charge on any atom is 0 e. The molecule has 0 heterocycles. The fraction of sp³-hybridized carbons (Fsp3) is 0.750. The summed E-state index contributed by atoms with van der Waals surface area (Å²) in [4.78, 5) is 0. The van der Waals surface area contributed by atoms with Crippen LogP contribution in [-0.2, 0) is 123 Å². The van der Waals surface area contributed by atoms with E-state index in [-0.39, 0.29) is 84.3 Å². The molecule has 0 unspecified atom stereocenters. The Balaban J connectivity index is -0.0000000178. The molecule has 82 valence electrons. The van der Waals surface area contributed by atoms with Crippen molar-refractivity contribution in [1.29, 1.82) is 0 Å². The van der Waals surface area contributed by atoms with E-state index < -0.39 is 0 Å². The van der Waals surface area contributed by atoms with E-state index in [2.05, 4.69) is 36.5 Å². The van der Waals surface area contributed by atoms with Crippen LogP contribution in [0.4, 0.5) is 0 Å². The van der Waals surface area contributed by atoms with Crippen LogP contribution in [0.5, 0.6) is 0 Å². The van der Waals surface area contributed by atoms with Gasteiger partial charge in [0.25, 0.3) is 0 Å². The Morgan fingerprint density at radius 3 is 0.786 bits per heavy atom. The molecule has 0 atom stereocenters. The van der Waals surface area contributed by atoms with Crippen LogP contribution in [0.25, 0.3) is 0 Å². The van der Waals surface area contributed by atoms with Crippen molar-refractivity contribution in [3.05, 3.63) is 0 Å². The normalized spacial score (nSPS) is 6.14. The van der Waals surface area contributed by atoms with Crippen molar-refractivity contribution >= 4 is 8.80 Å². The first-order valence-electron chi connectivity index (χ1n) is 3.29. The Kier molecular flexibility index (Phi) is 77.7. The maximum atomic E-state index is 3.11. The quantitative estimate of drug-likeness (QED) is 0.371. The summed E-state index contributed by atoms with van der Waals surface area (Å²) in [7, 11) is 0. The van der Waals surface area contributed by atoms with Gasteiger partial charge in [0.2, 0.25) is 0 Å². The molecule has 0 bridgehead atoms. The van der Waals surface area contributed by atoms with Gasteiger partial charge in [-0.3, -0.25) is 0 Å². The summed E-state index contributed by atoms with van der Waals surface area (Å²) in [6, 6.07) is 0. The summed E-state index contributed by atoms with van der Waals surface area (Å²) >= 11 is 2.91. The Morgan fingerprint density at radius 2 is 0.786 bits per heavy atom. The fourth-order valence-electron chi connectivity index (χ4n) is 0. The zero-order valence-corrected chi connectivity index (χ0v) is 26.2. The molecule has 0 aliphatic rings. The molecule has 0 radical (unpaired) electrons. The van der Waals surface area contributed by atoms with E-state index in [4.69, 9.17) is 0 Å². The van der Waals surface area contributed by atoms with Crippen molar-refractivity contribution in [3.63, 3.8) is 0 Å². The van der Waals surface area contributed by atoms with Crippen molar-refractivity contribution in [3.8, 4) is 0 Å². The molecule has 0 aromatic heterocycles.